The molecular formula is C11H16N2O3. The fourth-order valence-corrected chi connectivity index (χ4v) is 1.11. The molecule has 0 saturated carbocycles. The van der Waals surface area contributed by atoms with Crippen LogP contribution in [0.2, 0.25) is 0 Å². The number of ether oxygens (including phenoxy) is 2. The molecule has 5 heteroatoms. The predicted molar refractivity (Wildman–Crippen MR) is 60.3 cm³/mol. The highest BCUT2D eigenvalue weighted by Gasteiger charge is 2.11. The van der Waals surface area contributed by atoms with E-state index in [0.29, 0.717) is 18.1 Å². The monoisotopic (exact) mass is 224 g/mol. The third-order valence-corrected chi connectivity index (χ3v) is 1.93. The molecule has 1 atom stereocenters. The highest BCUT2D eigenvalue weighted by molar-refractivity contribution is 5.79. The first-order chi connectivity index (χ1) is 7.65. The maximum absolute atomic E-state index is 10.7. The van der Waals surface area contributed by atoms with Crippen LogP contribution in [0, 0.1) is 0 Å². The van der Waals surface area contributed by atoms with Crippen LogP contribution in [0.4, 0.5) is 0 Å². The minimum Gasteiger partial charge on any atom is -0.490 e. The van der Waals surface area contributed by atoms with Crippen LogP contribution >= 0.6 is 0 Å². The number of carbonyl (C=O) groups is 1. The summed E-state index contributed by atoms with van der Waals surface area (Å²) in [6.07, 6.45) is 0. The van der Waals surface area contributed by atoms with Crippen molar-refractivity contribution in [3.05, 3.63) is 24.3 Å². The number of para-hydroxylation sites is 2. The standard InChI is InChI=1S/C11H16N2O3/c1-2-15-9-5-3-4-6-10(9)16-7-8(12)11(13)14/h3-6,8H,2,7,12H2,1H3,(H2,13,14). The van der Waals surface area contributed by atoms with Crippen molar-refractivity contribution in [3.8, 4) is 11.5 Å². The molecule has 1 aromatic rings. The Balaban J connectivity index is 2.62. The number of rotatable bonds is 6. The van der Waals surface area contributed by atoms with E-state index in [1.807, 2.05) is 19.1 Å². The highest BCUT2D eigenvalue weighted by atomic mass is 16.5. The fraction of sp³-hybridized carbons (Fsp3) is 0.364. The second-order valence-electron chi connectivity index (χ2n) is 3.20. The molecule has 1 rings (SSSR count). The second kappa shape index (κ2) is 5.97. The zero-order valence-electron chi connectivity index (χ0n) is 9.18. The largest absolute Gasteiger partial charge is 0.490 e. The Bertz CT molecular complexity index is 355. The van der Waals surface area contributed by atoms with Crippen molar-refractivity contribution in [3.63, 3.8) is 0 Å². The van der Waals surface area contributed by atoms with Gasteiger partial charge in [-0.1, -0.05) is 12.1 Å². The molecule has 5 nitrogen and oxygen atoms in total. The van der Waals surface area contributed by atoms with Gasteiger partial charge in [0.15, 0.2) is 11.5 Å². The van der Waals surface area contributed by atoms with E-state index in [9.17, 15) is 4.79 Å². The molecule has 0 radical (unpaired) electrons. The second-order valence-corrected chi connectivity index (χ2v) is 3.20. The van der Waals surface area contributed by atoms with E-state index in [-0.39, 0.29) is 6.61 Å². The molecule has 0 heterocycles. The quantitative estimate of drug-likeness (QED) is 0.726. The molecule has 16 heavy (non-hydrogen) atoms. The molecule has 0 spiro atoms. The molecule has 0 aliphatic heterocycles. The fourth-order valence-electron chi connectivity index (χ4n) is 1.11. The van der Waals surface area contributed by atoms with Crippen molar-refractivity contribution in [1.82, 2.24) is 0 Å². The van der Waals surface area contributed by atoms with E-state index in [0.717, 1.165) is 0 Å². The summed E-state index contributed by atoms with van der Waals surface area (Å²) >= 11 is 0. The molecule has 1 amide bonds. The van der Waals surface area contributed by atoms with Gasteiger partial charge in [0.2, 0.25) is 5.91 Å². The van der Waals surface area contributed by atoms with E-state index in [1.54, 1.807) is 12.1 Å². The Labute approximate surface area is 94.3 Å². The van der Waals surface area contributed by atoms with E-state index < -0.39 is 11.9 Å². The number of primary amides is 1. The van der Waals surface area contributed by atoms with Gasteiger partial charge in [0, 0.05) is 0 Å². The van der Waals surface area contributed by atoms with Crippen molar-refractivity contribution >= 4 is 5.91 Å². The van der Waals surface area contributed by atoms with E-state index in [1.165, 1.54) is 0 Å². The number of hydrogen-bond acceptors (Lipinski definition) is 4. The summed E-state index contributed by atoms with van der Waals surface area (Å²) in [4.78, 5) is 10.7. The molecule has 0 aromatic heterocycles. The SMILES string of the molecule is CCOc1ccccc1OCC(N)C(N)=O. The summed E-state index contributed by atoms with van der Waals surface area (Å²) in [5, 5.41) is 0. The topological polar surface area (TPSA) is 87.6 Å². The molecule has 4 N–H and O–H groups in total. The van der Waals surface area contributed by atoms with E-state index >= 15 is 0 Å². The van der Waals surface area contributed by atoms with Gasteiger partial charge < -0.3 is 20.9 Å². The van der Waals surface area contributed by atoms with Crippen LogP contribution < -0.4 is 20.9 Å². The van der Waals surface area contributed by atoms with Gasteiger partial charge in [-0.2, -0.15) is 0 Å². The van der Waals surface area contributed by atoms with Crippen LogP contribution in [-0.2, 0) is 4.79 Å². The maximum atomic E-state index is 10.7. The first-order valence-electron chi connectivity index (χ1n) is 5.04. The molecule has 1 unspecified atom stereocenters. The molecular weight excluding hydrogens is 208 g/mol. The Morgan fingerprint density at radius 3 is 2.38 bits per heavy atom. The van der Waals surface area contributed by atoms with Gasteiger partial charge in [-0.3, -0.25) is 4.79 Å². The molecule has 88 valence electrons. The number of amides is 1. The third kappa shape index (κ3) is 3.43. The molecule has 1 aromatic carbocycles. The lowest BCUT2D eigenvalue weighted by Gasteiger charge is -2.13. The first kappa shape index (κ1) is 12.3. The van der Waals surface area contributed by atoms with Gasteiger partial charge in [0.05, 0.1) is 6.61 Å². The smallest absolute Gasteiger partial charge is 0.237 e. The lowest BCUT2D eigenvalue weighted by molar-refractivity contribution is -0.119. The molecule has 0 aliphatic rings. The van der Waals surface area contributed by atoms with Gasteiger partial charge in [-0.25, -0.2) is 0 Å². The van der Waals surface area contributed by atoms with Crippen molar-refractivity contribution in [1.29, 1.82) is 0 Å². The minimum atomic E-state index is -0.810. The van der Waals surface area contributed by atoms with E-state index in [4.69, 9.17) is 20.9 Å². The van der Waals surface area contributed by atoms with E-state index in [2.05, 4.69) is 0 Å². The summed E-state index contributed by atoms with van der Waals surface area (Å²) in [6.45, 7) is 2.47. The average Bonchev–Trinajstić information content (AvgIpc) is 2.27. The molecule has 0 aliphatic carbocycles. The van der Waals surface area contributed by atoms with Gasteiger partial charge in [-0.05, 0) is 19.1 Å². The van der Waals surface area contributed by atoms with Crippen LogP contribution in [-0.4, -0.2) is 25.2 Å². The van der Waals surface area contributed by atoms with Crippen LogP contribution in [0.15, 0.2) is 24.3 Å². The summed E-state index contributed by atoms with van der Waals surface area (Å²) in [6, 6.07) is 6.38. The van der Waals surface area contributed by atoms with Crippen molar-refractivity contribution in [2.45, 2.75) is 13.0 Å². The van der Waals surface area contributed by atoms with Crippen LogP contribution in [0.1, 0.15) is 6.92 Å². The van der Waals surface area contributed by atoms with Crippen molar-refractivity contribution < 1.29 is 14.3 Å². The number of carbonyl (C=O) groups excluding carboxylic acids is 1. The van der Waals surface area contributed by atoms with Crippen LogP contribution in [0.25, 0.3) is 0 Å². The maximum Gasteiger partial charge on any atom is 0.237 e. The number of nitrogens with two attached hydrogens (primary N) is 2. The molecule has 0 fully saturated rings. The van der Waals surface area contributed by atoms with Gasteiger partial charge in [-0.15, -0.1) is 0 Å². The summed E-state index contributed by atoms with van der Waals surface area (Å²) < 4.78 is 10.7. The van der Waals surface area contributed by atoms with Gasteiger partial charge >= 0.3 is 0 Å². The summed E-state index contributed by atoms with van der Waals surface area (Å²) in [5.41, 5.74) is 10.5. The molecule has 0 bridgehead atoms. The normalized spacial score (nSPS) is 11.9. The molecule has 0 saturated heterocycles. The Morgan fingerprint density at radius 2 is 1.88 bits per heavy atom. The number of hydrogen-bond donors (Lipinski definition) is 2. The zero-order valence-corrected chi connectivity index (χ0v) is 9.18. The Kier molecular flexibility index (Phi) is 4.60. The highest BCUT2D eigenvalue weighted by Crippen LogP contribution is 2.26. The lowest BCUT2D eigenvalue weighted by Crippen LogP contribution is -2.41. The van der Waals surface area contributed by atoms with Crippen molar-refractivity contribution in [2.75, 3.05) is 13.2 Å². The third-order valence-electron chi connectivity index (χ3n) is 1.93. The van der Waals surface area contributed by atoms with Gasteiger partial charge in [0.1, 0.15) is 12.6 Å². The Morgan fingerprint density at radius 1 is 1.31 bits per heavy atom. The van der Waals surface area contributed by atoms with Crippen LogP contribution in [0.5, 0.6) is 11.5 Å². The Hall–Kier alpha value is -1.75. The first-order valence-corrected chi connectivity index (χ1v) is 5.04. The minimum absolute atomic E-state index is 0.0411. The lowest BCUT2D eigenvalue weighted by atomic mass is 10.3. The van der Waals surface area contributed by atoms with Crippen LogP contribution in [0.3, 0.4) is 0 Å². The van der Waals surface area contributed by atoms with Gasteiger partial charge in [0.25, 0.3) is 0 Å². The summed E-state index contributed by atoms with van der Waals surface area (Å²) in [7, 11) is 0. The zero-order chi connectivity index (χ0) is 12.0. The number of benzene rings is 1. The summed E-state index contributed by atoms with van der Waals surface area (Å²) in [5.74, 6) is 0.594. The predicted octanol–water partition coefficient (Wildman–Crippen LogP) is 0.277. The van der Waals surface area contributed by atoms with Crippen molar-refractivity contribution in [2.24, 2.45) is 11.5 Å². The average molecular weight is 224 g/mol.